The lowest BCUT2D eigenvalue weighted by Crippen LogP contribution is -2.32. The normalized spacial score (nSPS) is 11.2. The van der Waals surface area contributed by atoms with Crippen molar-refractivity contribution in [2.75, 3.05) is 19.4 Å². The first-order chi connectivity index (χ1) is 11.5. The molecule has 2 aromatic rings. The lowest BCUT2D eigenvalue weighted by atomic mass is 10.3. The van der Waals surface area contributed by atoms with Crippen LogP contribution in [0.2, 0.25) is 0 Å². The molecule has 0 bridgehead atoms. The van der Waals surface area contributed by atoms with Gasteiger partial charge in [-0.2, -0.15) is 0 Å². The van der Waals surface area contributed by atoms with Gasteiger partial charge in [0, 0.05) is 0 Å². The monoisotopic (exact) mass is 365 g/mol. The zero-order chi connectivity index (χ0) is 17.4. The molecule has 0 aliphatic rings. The second-order valence-electron chi connectivity index (χ2n) is 5.10. The fourth-order valence-electron chi connectivity index (χ4n) is 2.06. The van der Waals surface area contributed by atoms with Gasteiger partial charge in [-0.1, -0.05) is 43.3 Å². The highest BCUT2D eigenvalue weighted by molar-refractivity contribution is 8.10. The highest BCUT2D eigenvalue weighted by atomic mass is 32.5. The summed E-state index contributed by atoms with van der Waals surface area (Å²) in [6.07, 6.45) is 0.245. The summed E-state index contributed by atoms with van der Waals surface area (Å²) in [5.74, 6) is 0.323. The predicted molar refractivity (Wildman–Crippen MR) is 98.2 cm³/mol. The number of hydrogen-bond acceptors (Lipinski definition) is 5. The minimum atomic E-state index is -2.80. The maximum absolute atomic E-state index is 11.0. The van der Waals surface area contributed by atoms with E-state index in [0.717, 1.165) is 0 Å². The topological polar surface area (TPSA) is 59.0 Å². The molecule has 128 valence electrons. The molecule has 0 aliphatic heterocycles. The smallest absolute Gasteiger partial charge is 0.317 e. The van der Waals surface area contributed by atoms with Gasteiger partial charge < -0.3 is 14.2 Å². The van der Waals surface area contributed by atoms with E-state index in [1.54, 1.807) is 4.90 Å². The maximum Gasteiger partial charge on any atom is 0.317 e. The third-order valence-corrected chi connectivity index (χ3v) is 5.67. The van der Waals surface area contributed by atoms with Crippen LogP contribution in [0.1, 0.15) is 6.92 Å². The average molecular weight is 365 g/mol. The fourth-order valence-corrected chi connectivity index (χ4v) is 4.89. The molecule has 0 saturated heterocycles. The van der Waals surface area contributed by atoms with Crippen LogP contribution in [0, 0.1) is 0 Å². The molecule has 0 aliphatic carbocycles. The number of carboxylic acid groups (broad SMARTS) is 1. The molecule has 0 aromatic heterocycles. The number of carbonyl (C=O) groups is 1. The molecule has 2 rings (SSSR count). The Balaban J connectivity index is 2.22. The van der Waals surface area contributed by atoms with Crippen LogP contribution < -0.4 is 9.05 Å². The molecular weight excluding hydrogens is 345 g/mol. The molecule has 1 N–H and O–H groups in total. The zero-order valence-corrected chi connectivity index (χ0v) is 15.1. The van der Waals surface area contributed by atoms with Crippen molar-refractivity contribution in [3.63, 3.8) is 0 Å². The number of likely N-dealkylation sites (N-methyl/N-ethyl adjacent to an activating group) is 1. The first kappa shape index (κ1) is 18.5. The zero-order valence-electron chi connectivity index (χ0n) is 13.4. The van der Waals surface area contributed by atoms with Crippen molar-refractivity contribution < 1.29 is 18.9 Å². The van der Waals surface area contributed by atoms with Crippen molar-refractivity contribution in [3.05, 3.63) is 60.7 Å². The van der Waals surface area contributed by atoms with E-state index in [2.05, 4.69) is 0 Å². The van der Waals surface area contributed by atoms with Gasteiger partial charge in [-0.25, -0.2) is 0 Å². The van der Waals surface area contributed by atoms with E-state index in [4.69, 9.17) is 26.0 Å². The van der Waals surface area contributed by atoms with Crippen LogP contribution in [0.15, 0.2) is 60.7 Å². The molecule has 24 heavy (non-hydrogen) atoms. The van der Waals surface area contributed by atoms with Gasteiger partial charge in [-0.15, -0.1) is 0 Å². The average Bonchev–Trinajstić information content (AvgIpc) is 2.55. The number of hydrogen-bond donors (Lipinski definition) is 1. The summed E-state index contributed by atoms with van der Waals surface area (Å²) >= 11 is 5.69. The molecule has 7 heteroatoms. The number of carboxylic acids is 1. The Morgan fingerprint density at radius 1 is 1.04 bits per heavy atom. The van der Waals surface area contributed by atoms with Crippen LogP contribution in [0.3, 0.4) is 0 Å². The minimum absolute atomic E-state index is 0.106. The van der Waals surface area contributed by atoms with Crippen molar-refractivity contribution in [2.24, 2.45) is 0 Å². The Morgan fingerprint density at radius 3 is 1.88 bits per heavy atom. The van der Waals surface area contributed by atoms with Gasteiger partial charge in [0.1, 0.15) is 11.5 Å². The second kappa shape index (κ2) is 8.83. The van der Waals surface area contributed by atoms with Crippen LogP contribution >= 0.6 is 6.49 Å². The van der Waals surface area contributed by atoms with Crippen molar-refractivity contribution in [3.8, 4) is 11.5 Å². The Kier molecular flexibility index (Phi) is 6.79. The van der Waals surface area contributed by atoms with E-state index < -0.39 is 12.5 Å². The van der Waals surface area contributed by atoms with Gasteiger partial charge in [0.05, 0.1) is 12.8 Å². The van der Waals surface area contributed by atoms with Crippen molar-refractivity contribution in [2.45, 2.75) is 6.92 Å². The predicted octanol–water partition coefficient (Wildman–Crippen LogP) is 3.82. The molecule has 0 amide bonds. The number of aliphatic carboxylic acids is 1. The third kappa shape index (κ3) is 5.96. The highest BCUT2D eigenvalue weighted by Crippen LogP contribution is 2.49. The summed E-state index contributed by atoms with van der Waals surface area (Å²) in [5.41, 5.74) is 0. The standard InChI is InChI=1S/C17H20NO4PS/c1-2-18(13-17(19)20)14-23(24,21-15-9-5-3-6-10-15)22-16-11-7-4-8-12-16/h3-12H,2,13-14H2,1H3,(H,19,20). The Bertz CT molecular complexity index is 651. The first-order valence-electron chi connectivity index (χ1n) is 7.53. The van der Waals surface area contributed by atoms with Gasteiger partial charge in [0.2, 0.25) is 0 Å². The molecule has 0 saturated carbocycles. The van der Waals surface area contributed by atoms with Crippen LogP contribution in [0.25, 0.3) is 0 Å². The van der Waals surface area contributed by atoms with E-state index in [-0.39, 0.29) is 12.8 Å². The van der Waals surface area contributed by atoms with E-state index in [0.29, 0.717) is 18.0 Å². The first-order valence-corrected chi connectivity index (χ1v) is 10.4. The highest BCUT2D eigenvalue weighted by Gasteiger charge is 2.26. The van der Waals surface area contributed by atoms with E-state index in [1.165, 1.54) is 0 Å². The minimum Gasteiger partial charge on any atom is -0.480 e. The number of nitrogens with zero attached hydrogens (tertiary/aromatic N) is 1. The summed E-state index contributed by atoms with van der Waals surface area (Å²) < 4.78 is 12.0. The summed E-state index contributed by atoms with van der Waals surface area (Å²) in [4.78, 5) is 12.7. The van der Waals surface area contributed by atoms with Crippen molar-refractivity contribution in [1.82, 2.24) is 4.90 Å². The molecular formula is C17H20NO4PS. The molecule has 0 spiro atoms. The molecule has 0 radical (unpaired) electrons. The van der Waals surface area contributed by atoms with Gasteiger partial charge in [-0.05, 0) is 42.6 Å². The van der Waals surface area contributed by atoms with Gasteiger partial charge >= 0.3 is 12.5 Å². The SMILES string of the molecule is CCN(CC(=O)O)CP(=S)(Oc1ccccc1)Oc1ccccc1. The van der Waals surface area contributed by atoms with Crippen LogP contribution in [-0.4, -0.2) is 35.4 Å². The third-order valence-electron chi connectivity index (χ3n) is 3.15. The number of benzene rings is 2. The molecule has 5 nitrogen and oxygen atoms in total. The lowest BCUT2D eigenvalue weighted by Gasteiger charge is -2.28. The largest absolute Gasteiger partial charge is 0.480 e. The van der Waals surface area contributed by atoms with Gasteiger partial charge in [-0.3, -0.25) is 9.69 Å². The summed E-state index contributed by atoms with van der Waals surface area (Å²) in [6, 6.07) is 18.4. The second-order valence-corrected chi connectivity index (χ2v) is 8.64. The molecule has 0 fully saturated rings. The van der Waals surface area contributed by atoms with Gasteiger partial charge in [0.25, 0.3) is 0 Å². The van der Waals surface area contributed by atoms with Crippen molar-refractivity contribution >= 4 is 24.3 Å². The van der Waals surface area contributed by atoms with Crippen LogP contribution in [0.5, 0.6) is 11.5 Å². The summed E-state index contributed by atoms with van der Waals surface area (Å²) in [6.45, 7) is -0.477. The quantitative estimate of drug-likeness (QED) is 0.682. The summed E-state index contributed by atoms with van der Waals surface area (Å²) in [5, 5.41) is 9.05. The number of para-hydroxylation sites is 2. The maximum atomic E-state index is 11.0. The molecule has 0 heterocycles. The Labute approximate surface area is 147 Å². The lowest BCUT2D eigenvalue weighted by molar-refractivity contribution is -0.138. The Morgan fingerprint density at radius 2 is 1.50 bits per heavy atom. The number of rotatable bonds is 9. The molecule has 0 unspecified atom stereocenters. The van der Waals surface area contributed by atoms with E-state index in [9.17, 15) is 4.79 Å². The molecule has 0 atom stereocenters. The Hall–Kier alpha value is -1.88. The van der Waals surface area contributed by atoms with Crippen LogP contribution in [-0.2, 0) is 16.6 Å². The van der Waals surface area contributed by atoms with Crippen LogP contribution in [0.4, 0.5) is 0 Å². The summed E-state index contributed by atoms with van der Waals surface area (Å²) in [7, 11) is 0. The van der Waals surface area contributed by atoms with E-state index in [1.807, 2.05) is 67.6 Å². The van der Waals surface area contributed by atoms with E-state index >= 15 is 0 Å². The van der Waals surface area contributed by atoms with Crippen molar-refractivity contribution in [1.29, 1.82) is 0 Å². The molecule has 2 aromatic carbocycles. The fraction of sp³-hybridized carbons (Fsp3) is 0.235. The van der Waals surface area contributed by atoms with Gasteiger partial charge in [0.15, 0.2) is 0 Å².